The van der Waals surface area contributed by atoms with Crippen LogP contribution in [0.2, 0.25) is 24.7 Å². The molecule has 0 amide bonds. The lowest BCUT2D eigenvalue weighted by Gasteiger charge is -2.20. The van der Waals surface area contributed by atoms with Gasteiger partial charge in [0.25, 0.3) is 0 Å². The molecular formula is C11H15Cl2NO2SSi. The highest BCUT2D eigenvalue weighted by molar-refractivity contribution is 7.95. The minimum Gasteiger partial charge on any atom is -0.225 e. The van der Waals surface area contributed by atoms with E-state index in [1.54, 1.807) is 24.3 Å². The molecule has 0 radical (unpaired) electrons. The van der Waals surface area contributed by atoms with E-state index in [4.69, 9.17) is 28.3 Å². The van der Waals surface area contributed by atoms with Crippen LogP contribution in [0.3, 0.4) is 0 Å². The first-order valence-electron chi connectivity index (χ1n) is 5.22. The van der Waals surface area contributed by atoms with E-state index in [1.165, 1.54) is 0 Å². The lowest BCUT2D eigenvalue weighted by Crippen LogP contribution is -2.34. The molecule has 18 heavy (non-hydrogen) atoms. The fraction of sp³-hybridized carbons (Fsp3) is 0.273. The standard InChI is InChI=1S/C11H15Cl2NO2SSi/c1-18(2,3)11(17(14,15)16)10(13)8-5-4-6-9(12)7-8/h4-7H,1-3H3,(H2,14,15,16). The average Bonchev–Trinajstić information content (AvgIpc) is 2.12. The van der Waals surface area contributed by atoms with Crippen LogP contribution in [0.4, 0.5) is 0 Å². The van der Waals surface area contributed by atoms with Crippen LogP contribution < -0.4 is 5.14 Å². The normalized spacial score (nSPS) is 14.3. The van der Waals surface area contributed by atoms with Crippen molar-refractivity contribution in [2.75, 3.05) is 0 Å². The molecule has 1 aromatic rings. The monoisotopic (exact) mass is 323 g/mol. The van der Waals surface area contributed by atoms with E-state index in [-0.39, 0.29) is 9.56 Å². The van der Waals surface area contributed by atoms with Crippen LogP contribution in [0.1, 0.15) is 5.56 Å². The Morgan fingerprint density at radius 3 is 2.22 bits per heavy atom. The molecule has 0 aliphatic carbocycles. The van der Waals surface area contributed by atoms with Crippen LogP contribution >= 0.6 is 23.2 Å². The summed E-state index contributed by atoms with van der Waals surface area (Å²) in [5, 5.41) is 5.94. The quantitative estimate of drug-likeness (QED) is 0.866. The molecule has 0 saturated heterocycles. The Hall–Kier alpha value is -0.333. The number of benzene rings is 1. The molecule has 2 N–H and O–H groups in total. The van der Waals surface area contributed by atoms with Gasteiger partial charge in [0.2, 0.25) is 10.0 Å². The highest BCUT2D eigenvalue weighted by Crippen LogP contribution is 2.32. The van der Waals surface area contributed by atoms with Crippen molar-refractivity contribution >= 4 is 46.3 Å². The third-order valence-corrected chi connectivity index (χ3v) is 8.23. The minimum absolute atomic E-state index is 0.138. The zero-order chi connectivity index (χ0) is 14.1. The van der Waals surface area contributed by atoms with Gasteiger partial charge in [-0.2, -0.15) is 0 Å². The van der Waals surface area contributed by atoms with E-state index >= 15 is 0 Å². The van der Waals surface area contributed by atoms with Gasteiger partial charge in [-0.15, -0.1) is 0 Å². The van der Waals surface area contributed by atoms with Gasteiger partial charge in [0, 0.05) is 5.02 Å². The van der Waals surface area contributed by atoms with Crippen molar-refractivity contribution in [3.05, 3.63) is 39.4 Å². The number of primary sulfonamides is 1. The zero-order valence-corrected chi connectivity index (χ0v) is 13.7. The first-order valence-corrected chi connectivity index (χ1v) is 11.0. The molecule has 0 heterocycles. The maximum atomic E-state index is 11.7. The van der Waals surface area contributed by atoms with Gasteiger partial charge in [-0.1, -0.05) is 55.0 Å². The number of nitrogens with two attached hydrogens (primary N) is 1. The highest BCUT2D eigenvalue weighted by Gasteiger charge is 2.32. The molecule has 0 atom stereocenters. The Bertz CT molecular complexity index is 591. The molecule has 0 aliphatic heterocycles. The summed E-state index contributed by atoms with van der Waals surface area (Å²) >= 11 is 12.1. The second-order valence-corrected chi connectivity index (χ2v) is 12.6. The molecular weight excluding hydrogens is 309 g/mol. The number of sulfonamides is 1. The summed E-state index contributed by atoms with van der Waals surface area (Å²) in [5.41, 5.74) is 0.565. The van der Waals surface area contributed by atoms with Crippen molar-refractivity contribution in [3.63, 3.8) is 0 Å². The molecule has 100 valence electrons. The van der Waals surface area contributed by atoms with Crippen LogP contribution in [0, 0.1) is 0 Å². The summed E-state index contributed by atoms with van der Waals surface area (Å²) in [6, 6.07) is 6.74. The fourth-order valence-corrected chi connectivity index (χ4v) is 7.70. The fourth-order valence-electron chi connectivity index (χ4n) is 1.64. The van der Waals surface area contributed by atoms with Crippen molar-refractivity contribution < 1.29 is 8.42 Å². The smallest absolute Gasteiger partial charge is 0.225 e. The Kier molecular flexibility index (Phi) is 4.67. The number of rotatable bonds is 3. The summed E-state index contributed by atoms with van der Waals surface area (Å²) in [6.07, 6.45) is 0. The first-order chi connectivity index (χ1) is 8.03. The Morgan fingerprint density at radius 1 is 1.28 bits per heavy atom. The van der Waals surface area contributed by atoms with Crippen molar-refractivity contribution in [1.82, 2.24) is 0 Å². The zero-order valence-electron chi connectivity index (χ0n) is 10.4. The Balaban J connectivity index is 3.57. The molecule has 0 bridgehead atoms. The molecule has 0 fully saturated rings. The van der Waals surface area contributed by atoms with Crippen LogP contribution in [0.15, 0.2) is 28.8 Å². The van der Waals surface area contributed by atoms with Crippen LogP contribution in [-0.2, 0) is 10.0 Å². The summed E-state index contributed by atoms with van der Waals surface area (Å²) in [6.45, 7) is 5.62. The Labute approximate surface area is 119 Å². The summed E-state index contributed by atoms with van der Waals surface area (Å²) in [4.78, 5) is 0. The topological polar surface area (TPSA) is 60.2 Å². The van der Waals surface area contributed by atoms with Gasteiger partial charge in [0.1, 0.15) is 0 Å². The van der Waals surface area contributed by atoms with Gasteiger partial charge in [-0.05, 0) is 17.7 Å². The van der Waals surface area contributed by atoms with E-state index in [2.05, 4.69) is 0 Å². The third-order valence-electron chi connectivity index (χ3n) is 2.24. The highest BCUT2D eigenvalue weighted by atomic mass is 35.5. The molecule has 7 heteroatoms. The van der Waals surface area contributed by atoms with E-state index in [0.717, 1.165) is 0 Å². The SMILES string of the molecule is C[Si](C)(C)C(=C(Cl)c1cccc(Cl)c1)S(N)(=O)=O. The molecule has 0 unspecified atom stereocenters. The van der Waals surface area contributed by atoms with Crippen LogP contribution in [0.25, 0.3) is 5.03 Å². The van der Waals surface area contributed by atoms with E-state index in [0.29, 0.717) is 10.6 Å². The van der Waals surface area contributed by atoms with Crippen molar-refractivity contribution in [2.24, 2.45) is 5.14 Å². The average molecular weight is 324 g/mol. The van der Waals surface area contributed by atoms with E-state index in [9.17, 15) is 8.42 Å². The van der Waals surface area contributed by atoms with Crippen molar-refractivity contribution in [3.8, 4) is 0 Å². The van der Waals surface area contributed by atoms with Gasteiger partial charge in [-0.3, -0.25) is 0 Å². The number of halogens is 2. The number of hydrogen-bond acceptors (Lipinski definition) is 2. The van der Waals surface area contributed by atoms with Crippen molar-refractivity contribution in [1.29, 1.82) is 0 Å². The predicted octanol–water partition coefficient (Wildman–Crippen LogP) is 3.41. The summed E-state index contributed by atoms with van der Waals surface area (Å²) < 4.78 is 23.6. The maximum Gasteiger partial charge on any atom is 0.231 e. The lowest BCUT2D eigenvalue weighted by molar-refractivity contribution is 0.605. The second-order valence-electron chi connectivity index (χ2n) is 4.95. The lowest BCUT2D eigenvalue weighted by atomic mass is 10.2. The molecule has 0 aromatic heterocycles. The molecule has 0 aliphatic rings. The summed E-state index contributed by atoms with van der Waals surface area (Å²) in [7, 11) is -6.01. The predicted molar refractivity (Wildman–Crippen MR) is 80.7 cm³/mol. The molecule has 1 rings (SSSR count). The van der Waals surface area contributed by atoms with Crippen molar-refractivity contribution in [2.45, 2.75) is 19.6 Å². The minimum atomic E-state index is -3.82. The van der Waals surface area contributed by atoms with E-state index < -0.39 is 18.1 Å². The molecule has 0 spiro atoms. The largest absolute Gasteiger partial charge is 0.231 e. The van der Waals surface area contributed by atoms with Crippen LogP contribution in [0.5, 0.6) is 0 Å². The molecule has 3 nitrogen and oxygen atoms in total. The molecule has 1 aromatic carbocycles. The van der Waals surface area contributed by atoms with Gasteiger partial charge in [0.05, 0.1) is 17.6 Å². The third kappa shape index (κ3) is 3.83. The summed E-state index contributed by atoms with van der Waals surface area (Å²) in [5.74, 6) is 0. The van der Waals surface area contributed by atoms with Gasteiger partial charge < -0.3 is 0 Å². The van der Waals surface area contributed by atoms with Crippen LogP contribution in [-0.4, -0.2) is 16.5 Å². The van der Waals surface area contributed by atoms with Gasteiger partial charge in [-0.25, -0.2) is 13.6 Å². The van der Waals surface area contributed by atoms with Gasteiger partial charge >= 0.3 is 0 Å². The van der Waals surface area contributed by atoms with Gasteiger partial charge in [0.15, 0.2) is 0 Å². The first kappa shape index (κ1) is 15.7. The van der Waals surface area contributed by atoms with E-state index in [1.807, 2.05) is 19.6 Å². The number of hydrogen-bond donors (Lipinski definition) is 1. The Morgan fingerprint density at radius 2 is 1.83 bits per heavy atom. The maximum absolute atomic E-state index is 11.7. The second kappa shape index (κ2) is 5.34. The molecule has 0 saturated carbocycles.